The van der Waals surface area contributed by atoms with E-state index in [-0.39, 0.29) is 18.2 Å². The van der Waals surface area contributed by atoms with Crippen molar-refractivity contribution in [2.75, 3.05) is 6.54 Å². The zero-order valence-corrected chi connectivity index (χ0v) is 13.8. The van der Waals surface area contributed by atoms with Gasteiger partial charge in [0.25, 0.3) is 0 Å². The van der Waals surface area contributed by atoms with E-state index in [1.807, 2.05) is 13.8 Å². The third kappa shape index (κ3) is 5.58. The van der Waals surface area contributed by atoms with Crippen LogP contribution < -0.4 is 4.72 Å². The van der Waals surface area contributed by atoms with Gasteiger partial charge < -0.3 is 5.11 Å². The largest absolute Gasteiger partial charge is 0.393 e. The molecule has 1 unspecified atom stereocenters. The summed E-state index contributed by atoms with van der Waals surface area (Å²) in [6, 6.07) is 4.86. The second-order valence-corrected chi connectivity index (χ2v) is 7.57. The molecule has 0 aliphatic rings. The molecule has 0 bridgehead atoms. The first-order valence-electron chi connectivity index (χ1n) is 6.31. The van der Waals surface area contributed by atoms with Crippen LogP contribution in [0.1, 0.15) is 25.8 Å². The highest BCUT2D eigenvalue weighted by Gasteiger charge is 2.17. The lowest BCUT2D eigenvalue weighted by Gasteiger charge is -2.15. The van der Waals surface area contributed by atoms with Crippen molar-refractivity contribution in [3.05, 3.63) is 33.8 Å². The Hall–Kier alpha value is -0.330. The molecule has 0 saturated heterocycles. The molecule has 0 aliphatic carbocycles. The Morgan fingerprint density at radius 2 is 1.80 bits per heavy atom. The molecule has 0 radical (unpaired) electrons. The third-order valence-corrected chi connectivity index (χ3v) is 4.95. The van der Waals surface area contributed by atoms with Crippen molar-refractivity contribution in [1.29, 1.82) is 0 Å². The van der Waals surface area contributed by atoms with Crippen LogP contribution in [0.15, 0.2) is 18.2 Å². The molecule has 0 aliphatic heterocycles. The van der Waals surface area contributed by atoms with Crippen molar-refractivity contribution >= 4 is 33.2 Å². The standard InChI is InChI=1S/C13H19Cl2NO3S/c1-9(2)13(17)6-7-16-20(18,19)8-10-11(14)4-3-5-12(10)15/h3-5,9,13,16-17H,6-8H2,1-2H3. The maximum atomic E-state index is 11.9. The average Bonchev–Trinajstić information content (AvgIpc) is 2.33. The quantitative estimate of drug-likeness (QED) is 0.802. The molecule has 0 aromatic heterocycles. The molecule has 114 valence electrons. The smallest absolute Gasteiger partial charge is 0.215 e. The fourth-order valence-electron chi connectivity index (χ4n) is 1.61. The zero-order chi connectivity index (χ0) is 15.3. The van der Waals surface area contributed by atoms with Gasteiger partial charge in [-0.2, -0.15) is 0 Å². The van der Waals surface area contributed by atoms with Gasteiger partial charge in [-0.15, -0.1) is 0 Å². The summed E-state index contributed by atoms with van der Waals surface area (Å²) < 4.78 is 26.3. The molecule has 1 rings (SSSR count). The molecule has 0 fully saturated rings. The van der Waals surface area contributed by atoms with Gasteiger partial charge in [0, 0.05) is 22.2 Å². The number of benzene rings is 1. The minimum Gasteiger partial charge on any atom is -0.393 e. The summed E-state index contributed by atoms with van der Waals surface area (Å²) in [5.41, 5.74) is 0.382. The Balaban J connectivity index is 2.62. The van der Waals surface area contributed by atoms with Gasteiger partial charge in [0.15, 0.2) is 0 Å². The predicted octanol–water partition coefficient (Wildman–Crippen LogP) is 2.82. The van der Waals surface area contributed by atoms with Gasteiger partial charge in [0.1, 0.15) is 0 Å². The van der Waals surface area contributed by atoms with Crippen LogP contribution >= 0.6 is 23.2 Å². The van der Waals surface area contributed by atoms with Crippen molar-refractivity contribution < 1.29 is 13.5 Å². The molecule has 20 heavy (non-hydrogen) atoms. The van der Waals surface area contributed by atoms with Crippen LogP contribution in [-0.2, 0) is 15.8 Å². The number of hydrogen-bond donors (Lipinski definition) is 2. The topological polar surface area (TPSA) is 66.4 Å². The van der Waals surface area contributed by atoms with Crippen LogP contribution in [0.2, 0.25) is 10.0 Å². The summed E-state index contributed by atoms with van der Waals surface area (Å²) in [4.78, 5) is 0. The maximum absolute atomic E-state index is 11.9. The molecule has 0 amide bonds. The van der Waals surface area contributed by atoms with Gasteiger partial charge in [0.2, 0.25) is 10.0 Å². The van der Waals surface area contributed by atoms with Crippen molar-refractivity contribution in [3.63, 3.8) is 0 Å². The second kappa shape index (κ2) is 7.61. The number of halogens is 2. The maximum Gasteiger partial charge on any atom is 0.215 e. The number of sulfonamides is 1. The molecule has 4 nitrogen and oxygen atoms in total. The van der Waals surface area contributed by atoms with Gasteiger partial charge in [-0.1, -0.05) is 43.1 Å². The van der Waals surface area contributed by atoms with Crippen molar-refractivity contribution in [2.45, 2.75) is 32.1 Å². The van der Waals surface area contributed by atoms with E-state index in [1.165, 1.54) is 0 Å². The highest BCUT2D eigenvalue weighted by atomic mass is 35.5. The van der Waals surface area contributed by atoms with Gasteiger partial charge in [0.05, 0.1) is 11.9 Å². The Morgan fingerprint density at radius 3 is 2.30 bits per heavy atom. The summed E-state index contributed by atoms with van der Waals surface area (Å²) in [6.45, 7) is 3.94. The minimum absolute atomic E-state index is 0.0949. The summed E-state index contributed by atoms with van der Waals surface area (Å²) in [6.07, 6.45) is -0.158. The van der Waals surface area contributed by atoms with E-state index < -0.39 is 16.1 Å². The number of aliphatic hydroxyl groups excluding tert-OH is 1. The SMILES string of the molecule is CC(C)C(O)CCNS(=O)(=O)Cc1c(Cl)cccc1Cl. The van der Waals surface area contributed by atoms with Crippen LogP contribution in [-0.4, -0.2) is 26.2 Å². The number of nitrogens with one attached hydrogen (secondary N) is 1. The second-order valence-electron chi connectivity index (χ2n) is 4.95. The van der Waals surface area contributed by atoms with E-state index in [9.17, 15) is 13.5 Å². The molecule has 7 heteroatoms. The number of rotatable bonds is 7. The average molecular weight is 340 g/mol. The normalized spacial score (nSPS) is 13.7. The van der Waals surface area contributed by atoms with E-state index in [1.54, 1.807) is 18.2 Å². The van der Waals surface area contributed by atoms with E-state index in [0.29, 0.717) is 22.0 Å². The fourth-order valence-corrected chi connectivity index (χ4v) is 3.52. The van der Waals surface area contributed by atoms with Crippen LogP contribution in [0.4, 0.5) is 0 Å². The first-order chi connectivity index (χ1) is 9.23. The van der Waals surface area contributed by atoms with Gasteiger partial charge >= 0.3 is 0 Å². The lowest BCUT2D eigenvalue weighted by Crippen LogP contribution is -2.29. The zero-order valence-electron chi connectivity index (χ0n) is 11.4. The Morgan fingerprint density at radius 1 is 1.25 bits per heavy atom. The first-order valence-corrected chi connectivity index (χ1v) is 8.72. The third-order valence-electron chi connectivity index (χ3n) is 2.93. The number of hydrogen-bond acceptors (Lipinski definition) is 3. The molecular formula is C13H19Cl2NO3S. The predicted molar refractivity (Wildman–Crippen MR) is 82.6 cm³/mol. The summed E-state index contributed by atoms with van der Waals surface area (Å²) in [5, 5.41) is 10.3. The molecule has 1 aromatic carbocycles. The molecule has 2 N–H and O–H groups in total. The monoisotopic (exact) mass is 339 g/mol. The summed E-state index contributed by atoms with van der Waals surface area (Å²) in [7, 11) is -3.53. The summed E-state index contributed by atoms with van der Waals surface area (Å²) >= 11 is 11.9. The number of aliphatic hydroxyl groups is 1. The van der Waals surface area contributed by atoms with E-state index in [4.69, 9.17) is 23.2 Å². The first kappa shape index (κ1) is 17.7. The molecule has 0 spiro atoms. The molecular weight excluding hydrogens is 321 g/mol. The molecule has 0 saturated carbocycles. The van der Waals surface area contributed by atoms with Gasteiger partial charge in [-0.25, -0.2) is 13.1 Å². The van der Waals surface area contributed by atoms with Crippen LogP contribution in [0, 0.1) is 5.92 Å². The van der Waals surface area contributed by atoms with Crippen LogP contribution in [0.5, 0.6) is 0 Å². The Kier molecular flexibility index (Phi) is 6.75. The molecule has 1 atom stereocenters. The Bertz CT molecular complexity index is 526. The van der Waals surface area contributed by atoms with Gasteiger partial charge in [-0.3, -0.25) is 0 Å². The van der Waals surface area contributed by atoms with E-state index in [0.717, 1.165) is 0 Å². The van der Waals surface area contributed by atoms with Crippen molar-refractivity contribution in [3.8, 4) is 0 Å². The van der Waals surface area contributed by atoms with Crippen LogP contribution in [0.25, 0.3) is 0 Å². The highest BCUT2D eigenvalue weighted by molar-refractivity contribution is 7.88. The molecule has 1 aromatic rings. The minimum atomic E-state index is -3.53. The summed E-state index contributed by atoms with van der Waals surface area (Å²) in [5.74, 6) is -0.180. The van der Waals surface area contributed by atoms with Crippen LogP contribution in [0.3, 0.4) is 0 Å². The van der Waals surface area contributed by atoms with Crippen molar-refractivity contribution in [2.24, 2.45) is 5.92 Å². The Labute approximate surface area is 130 Å². The fraction of sp³-hybridized carbons (Fsp3) is 0.538. The van der Waals surface area contributed by atoms with E-state index >= 15 is 0 Å². The molecule has 0 heterocycles. The van der Waals surface area contributed by atoms with E-state index in [2.05, 4.69) is 4.72 Å². The lowest BCUT2D eigenvalue weighted by atomic mass is 10.1. The van der Waals surface area contributed by atoms with Gasteiger partial charge in [-0.05, 0) is 24.5 Å². The van der Waals surface area contributed by atoms with Crippen molar-refractivity contribution in [1.82, 2.24) is 4.72 Å². The highest BCUT2D eigenvalue weighted by Crippen LogP contribution is 2.25. The lowest BCUT2D eigenvalue weighted by molar-refractivity contribution is 0.118.